The van der Waals surface area contributed by atoms with E-state index in [1.807, 2.05) is 36.4 Å². The van der Waals surface area contributed by atoms with Gasteiger partial charge < -0.3 is 30.2 Å². The van der Waals surface area contributed by atoms with Crippen molar-refractivity contribution in [2.45, 2.75) is 37.8 Å². The number of rotatable bonds is 9. The smallest absolute Gasteiger partial charge is 0.293 e. The molecule has 2 aromatic carbocycles. The second-order valence-electron chi connectivity index (χ2n) is 12.2. The van der Waals surface area contributed by atoms with E-state index in [1.165, 1.54) is 11.6 Å². The topological polar surface area (TPSA) is 190 Å². The van der Waals surface area contributed by atoms with Gasteiger partial charge in [-0.1, -0.05) is 16.8 Å². The van der Waals surface area contributed by atoms with Crippen molar-refractivity contribution >= 4 is 74.4 Å². The van der Waals surface area contributed by atoms with Crippen LogP contribution < -0.4 is 36.5 Å². The van der Waals surface area contributed by atoms with Crippen LogP contribution in [-0.4, -0.2) is 80.0 Å². The molecule has 2 fully saturated rings. The molecule has 1 atom stereocenters. The Bertz CT molecular complexity index is 2190. The molecule has 0 radical (unpaired) electrons. The molecule has 0 aliphatic carbocycles. The lowest BCUT2D eigenvalue weighted by Gasteiger charge is -2.33. The van der Waals surface area contributed by atoms with Gasteiger partial charge in [0.1, 0.15) is 16.6 Å². The summed E-state index contributed by atoms with van der Waals surface area (Å²) in [6.45, 7) is 1.17. The van der Waals surface area contributed by atoms with Gasteiger partial charge in [-0.25, -0.2) is 9.67 Å². The van der Waals surface area contributed by atoms with E-state index < -0.39 is 6.04 Å². The maximum Gasteiger partial charge on any atom is 0.293 e. The second kappa shape index (κ2) is 13.6. The molecule has 17 heteroatoms. The van der Waals surface area contributed by atoms with Crippen molar-refractivity contribution in [2.24, 2.45) is 7.05 Å². The molecular formula is C33H34ClN11O5. The minimum Gasteiger partial charge on any atom is -0.478 e. The first-order chi connectivity index (χ1) is 24.2. The Kier molecular flexibility index (Phi) is 8.93. The number of aromatic nitrogens is 6. The number of hydrogen-bond donors (Lipinski definition) is 4. The van der Waals surface area contributed by atoms with Crippen molar-refractivity contribution in [3.63, 3.8) is 0 Å². The molecule has 2 aliphatic rings. The second-order valence-corrected chi connectivity index (χ2v) is 12.6. The fourth-order valence-corrected chi connectivity index (χ4v) is 6.36. The molecule has 0 spiro atoms. The monoisotopic (exact) mass is 699 g/mol. The number of benzene rings is 2. The lowest BCUT2D eigenvalue weighted by atomic mass is 10.0. The van der Waals surface area contributed by atoms with Crippen molar-refractivity contribution in [2.75, 3.05) is 42.3 Å². The number of carbonyl (C=O) groups excluding carboxylic acids is 3. The minimum atomic E-state index is -0.564. The van der Waals surface area contributed by atoms with Gasteiger partial charge in [0.15, 0.2) is 18.2 Å². The van der Waals surface area contributed by atoms with Crippen LogP contribution in [-0.2, 0) is 21.4 Å². The van der Waals surface area contributed by atoms with E-state index >= 15 is 0 Å². The molecule has 3 aromatic heterocycles. The van der Waals surface area contributed by atoms with Gasteiger partial charge in [-0.05, 0) is 61.7 Å². The highest BCUT2D eigenvalue weighted by Crippen LogP contribution is 2.30. The van der Waals surface area contributed by atoms with Crippen molar-refractivity contribution in [1.82, 2.24) is 40.2 Å². The first kappa shape index (κ1) is 32.8. The molecular weight excluding hydrogens is 666 g/mol. The molecule has 0 bridgehead atoms. The van der Waals surface area contributed by atoms with E-state index in [2.05, 4.69) is 41.5 Å². The number of carbonyl (C=O) groups is 3. The molecule has 0 saturated carbocycles. The van der Waals surface area contributed by atoms with E-state index in [-0.39, 0.29) is 48.1 Å². The van der Waals surface area contributed by atoms with Crippen LogP contribution in [0.3, 0.4) is 0 Å². The number of imide groups is 1. The summed E-state index contributed by atoms with van der Waals surface area (Å²) in [5.74, 6) is 0.0849. The summed E-state index contributed by atoms with van der Waals surface area (Å²) in [6, 6.07) is 12.5. The lowest BCUT2D eigenvalue weighted by molar-refractivity contribution is -0.136. The van der Waals surface area contributed by atoms with Gasteiger partial charge in [0, 0.05) is 56.4 Å². The predicted molar refractivity (Wildman–Crippen MR) is 187 cm³/mol. The van der Waals surface area contributed by atoms with E-state index in [0.29, 0.717) is 39.9 Å². The van der Waals surface area contributed by atoms with E-state index in [9.17, 15) is 19.2 Å². The number of amides is 3. The van der Waals surface area contributed by atoms with E-state index in [0.717, 1.165) is 42.5 Å². The maximum absolute atomic E-state index is 12.7. The zero-order valence-electron chi connectivity index (χ0n) is 27.3. The molecule has 16 nitrogen and oxygen atoms in total. The molecule has 2 aliphatic heterocycles. The van der Waals surface area contributed by atoms with Crippen LogP contribution in [0.15, 0.2) is 53.5 Å². The van der Waals surface area contributed by atoms with Gasteiger partial charge in [-0.3, -0.25) is 24.5 Å². The number of nitrogens with one attached hydrogen (secondary N) is 4. The number of pyridine rings is 1. The third kappa shape index (κ3) is 6.61. The summed E-state index contributed by atoms with van der Waals surface area (Å²) in [5.41, 5.74) is 3.34. The van der Waals surface area contributed by atoms with Gasteiger partial charge in [0.25, 0.3) is 17.4 Å². The molecule has 7 rings (SSSR count). The summed E-state index contributed by atoms with van der Waals surface area (Å²) in [6.07, 6.45) is 3.90. The molecule has 4 N–H and O–H groups in total. The zero-order chi connectivity index (χ0) is 34.9. The van der Waals surface area contributed by atoms with Crippen LogP contribution in [0.1, 0.15) is 31.7 Å². The highest BCUT2D eigenvalue weighted by atomic mass is 35.5. The number of fused-ring (bicyclic) bond motifs is 2. The summed E-state index contributed by atoms with van der Waals surface area (Å²) >= 11 is 6.51. The number of hydrogen-bond acceptors (Lipinski definition) is 12. The van der Waals surface area contributed by atoms with Crippen molar-refractivity contribution in [3.8, 4) is 5.75 Å². The van der Waals surface area contributed by atoms with E-state index in [4.69, 9.17) is 21.3 Å². The minimum absolute atomic E-state index is 0.0686. The van der Waals surface area contributed by atoms with E-state index in [1.54, 1.807) is 24.0 Å². The summed E-state index contributed by atoms with van der Waals surface area (Å²) in [5, 5.41) is 21.3. The molecule has 3 amide bonds. The molecule has 2 saturated heterocycles. The number of ether oxygens (including phenoxy) is 1. The number of aryl methyl sites for hydroxylation is 1. The highest BCUT2D eigenvalue weighted by Gasteiger charge is 2.30. The molecule has 5 aromatic rings. The normalized spacial score (nSPS) is 16.8. The Morgan fingerprint density at radius 2 is 1.82 bits per heavy atom. The Balaban J connectivity index is 0.998. The van der Waals surface area contributed by atoms with Crippen LogP contribution in [0.25, 0.3) is 21.9 Å². The Morgan fingerprint density at radius 1 is 1.04 bits per heavy atom. The third-order valence-electron chi connectivity index (χ3n) is 8.95. The summed E-state index contributed by atoms with van der Waals surface area (Å²) < 4.78 is 8.54. The largest absolute Gasteiger partial charge is 0.478 e. The van der Waals surface area contributed by atoms with Gasteiger partial charge in [0.2, 0.25) is 11.9 Å². The van der Waals surface area contributed by atoms with Crippen LogP contribution in [0, 0.1) is 0 Å². The SMILES string of the molecule is CNC(=O)COc1cc2cc(Nc3nc(N4CCC(Nc5ccc6c(c5)nnn6C5CCC(=O)NC5=O)CC4)ncc3Cl)ccc2n(C)c1=O. The number of anilines is 4. The van der Waals surface area contributed by atoms with Crippen LogP contribution >= 0.6 is 11.6 Å². The van der Waals surface area contributed by atoms with Gasteiger partial charge in [0.05, 0.1) is 17.2 Å². The number of nitrogens with zero attached hydrogens (tertiary/aromatic N) is 7. The van der Waals surface area contributed by atoms with Gasteiger partial charge in [-0.15, -0.1) is 5.10 Å². The first-order valence-corrected chi connectivity index (χ1v) is 16.5. The zero-order valence-corrected chi connectivity index (χ0v) is 28.0. The average molecular weight is 700 g/mol. The van der Waals surface area contributed by atoms with Crippen LogP contribution in [0.4, 0.5) is 23.1 Å². The van der Waals surface area contributed by atoms with Gasteiger partial charge in [-0.2, -0.15) is 4.98 Å². The van der Waals surface area contributed by atoms with Crippen LogP contribution in [0.5, 0.6) is 5.75 Å². The highest BCUT2D eigenvalue weighted by molar-refractivity contribution is 6.33. The summed E-state index contributed by atoms with van der Waals surface area (Å²) in [7, 11) is 3.14. The quantitative estimate of drug-likeness (QED) is 0.165. The van der Waals surface area contributed by atoms with Gasteiger partial charge >= 0.3 is 0 Å². The number of piperidine rings is 2. The first-order valence-electron chi connectivity index (χ1n) is 16.1. The molecule has 258 valence electrons. The predicted octanol–water partition coefficient (Wildman–Crippen LogP) is 2.65. The fourth-order valence-electron chi connectivity index (χ4n) is 6.22. The Labute approximate surface area is 290 Å². The van der Waals surface area contributed by atoms with Crippen molar-refractivity contribution in [3.05, 3.63) is 64.0 Å². The number of likely N-dealkylation sites (N-methyl/N-ethyl adjacent to an activating group) is 1. The van der Waals surface area contributed by atoms with Crippen LogP contribution in [0.2, 0.25) is 5.02 Å². The molecule has 1 unspecified atom stereocenters. The number of halogens is 1. The molecule has 50 heavy (non-hydrogen) atoms. The van der Waals surface area contributed by atoms with Crippen molar-refractivity contribution in [1.29, 1.82) is 0 Å². The van der Waals surface area contributed by atoms with Crippen molar-refractivity contribution < 1.29 is 19.1 Å². The Hall–Kier alpha value is -5.77. The maximum atomic E-state index is 12.7. The summed E-state index contributed by atoms with van der Waals surface area (Å²) in [4.78, 5) is 59.7. The standard InChI is InChI=1S/C33H34ClN11O5/c1-35-29(47)17-50-27-14-18-13-20(3-5-24(18)43(2)32(27)49)38-30-22(34)16-36-33(40-30)44-11-9-19(10-12-44)37-21-4-6-25-23(15-21)41-42-45(25)26-7-8-28(46)39-31(26)48/h3-6,13-16,19,26,37H,7-12,17H2,1-2H3,(H,35,47)(H,36,38,40)(H,39,46,48). The Morgan fingerprint density at radius 3 is 2.60 bits per heavy atom. The molecule has 5 heterocycles. The fraction of sp³-hybridized carbons (Fsp3) is 0.333. The lowest BCUT2D eigenvalue weighted by Crippen LogP contribution is -2.42. The average Bonchev–Trinajstić information content (AvgIpc) is 3.53. The third-order valence-corrected chi connectivity index (χ3v) is 9.22.